The summed E-state index contributed by atoms with van der Waals surface area (Å²) in [7, 11) is 0. The summed E-state index contributed by atoms with van der Waals surface area (Å²) in [6, 6.07) is 8.87. The van der Waals surface area contributed by atoms with Crippen molar-refractivity contribution < 1.29 is 4.39 Å². The van der Waals surface area contributed by atoms with Crippen molar-refractivity contribution in [1.29, 1.82) is 0 Å². The Morgan fingerprint density at radius 2 is 1.87 bits per heavy atom. The van der Waals surface area contributed by atoms with Crippen LogP contribution in [0.4, 0.5) is 4.39 Å². The Morgan fingerprint density at radius 3 is 2.53 bits per heavy atom. The van der Waals surface area contributed by atoms with Gasteiger partial charge in [0.15, 0.2) is 0 Å². The molecule has 2 heteroatoms. The maximum atomic E-state index is 13.6. The van der Waals surface area contributed by atoms with E-state index in [4.69, 9.17) is 0 Å². The van der Waals surface area contributed by atoms with Crippen LogP contribution in [-0.4, -0.2) is 4.98 Å². The van der Waals surface area contributed by atoms with Gasteiger partial charge in [-0.1, -0.05) is 13.0 Å². The highest BCUT2D eigenvalue weighted by molar-refractivity contribution is 5.64. The summed E-state index contributed by atoms with van der Waals surface area (Å²) in [4.78, 5) is 3.92. The topological polar surface area (TPSA) is 12.9 Å². The molecule has 0 spiro atoms. The standard InChI is InChI=1S/C13H12FN/c1-2-10-3-4-13(14)12(9-10)11-5-7-15-8-6-11/h3-9H,2H2,1H3. The van der Waals surface area contributed by atoms with E-state index in [2.05, 4.69) is 11.9 Å². The molecule has 1 aromatic heterocycles. The molecule has 0 radical (unpaired) electrons. The normalized spacial score (nSPS) is 10.3. The lowest BCUT2D eigenvalue weighted by molar-refractivity contribution is 0.630. The Balaban J connectivity index is 2.52. The number of aryl methyl sites for hydroxylation is 1. The van der Waals surface area contributed by atoms with Crippen molar-refractivity contribution in [3.05, 3.63) is 54.1 Å². The van der Waals surface area contributed by atoms with Gasteiger partial charge < -0.3 is 0 Å². The zero-order chi connectivity index (χ0) is 10.7. The lowest BCUT2D eigenvalue weighted by Gasteiger charge is -2.05. The van der Waals surface area contributed by atoms with Gasteiger partial charge >= 0.3 is 0 Å². The van der Waals surface area contributed by atoms with E-state index in [0.717, 1.165) is 17.5 Å². The second-order valence-corrected chi connectivity index (χ2v) is 3.40. The minimum absolute atomic E-state index is 0.182. The molecule has 0 amide bonds. The van der Waals surface area contributed by atoms with Crippen molar-refractivity contribution in [2.24, 2.45) is 0 Å². The van der Waals surface area contributed by atoms with Gasteiger partial charge in [-0.2, -0.15) is 0 Å². The molecular weight excluding hydrogens is 189 g/mol. The smallest absolute Gasteiger partial charge is 0.131 e. The number of rotatable bonds is 2. The maximum Gasteiger partial charge on any atom is 0.131 e. The predicted molar refractivity (Wildman–Crippen MR) is 59.0 cm³/mol. The first-order valence-electron chi connectivity index (χ1n) is 5.00. The highest BCUT2D eigenvalue weighted by Crippen LogP contribution is 2.23. The fourth-order valence-corrected chi connectivity index (χ4v) is 1.55. The van der Waals surface area contributed by atoms with E-state index in [-0.39, 0.29) is 5.82 Å². The molecule has 0 fully saturated rings. The Morgan fingerprint density at radius 1 is 1.13 bits per heavy atom. The van der Waals surface area contributed by atoms with Crippen LogP contribution in [0.25, 0.3) is 11.1 Å². The monoisotopic (exact) mass is 201 g/mol. The van der Waals surface area contributed by atoms with Gasteiger partial charge in [-0.25, -0.2) is 4.39 Å². The van der Waals surface area contributed by atoms with Crippen LogP contribution in [0.3, 0.4) is 0 Å². The van der Waals surface area contributed by atoms with Crippen LogP contribution in [-0.2, 0) is 6.42 Å². The molecule has 2 rings (SSSR count). The molecule has 0 N–H and O–H groups in total. The molecule has 2 aromatic rings. The number of pyridine rings is 1. The highest BCUT2D eigenvalue weighted by Gasteiger charge is 2.04. The van der Waals surface area contributed by atoms with E-state index >= 15 is 0 Å². The summed E-state index contributed by atoms with van der Waals surface area (Å²) < 4.78 is 13.6. The van der Waals surface area contributed by atoms with Crippen molar-refractivity contribution in [2.45, 2.75) is 13.3 Å². The second kappa shape index (κ2) is 4.22. The summed E-state index contributed by atoms with van der Waals surface area (Å²) in [6.07, 6.45) is 4.26. The van der Waals surface area contributed by atoms with Gasteiger partial charge in [0.05, 0.1) is 0 Å². The third-order valence-electron chi connectivity index (χ3n) is 2.43. The SMILES string of the molecule is CCc1ccc(F)c(-c2ccncc2)c1. The molecule has 0 aliphatic rings. The molecule has 1 aromatic carbocycles. The molecule has 0 aliphatic carbocycles. The van der Waals surface area contributed by atoms with Crippen LogP contribution in [0.2, 0.25) is 0 Å². The quantitative estimate of drug-likeness (QED) is 0.725. The van der Waals surface area contributed by atoms with Crippen LogP contribution >= 0.6 is 0 Å². The minimum atomic E-state index is -0.182. The Bertz CT molecular complexity index is 451. The summed E-state index contributed by atoms with van der Waals surface area (Å²) in [5.41, 5.74) is 2.66. The molecule has 1 heterocycles. The Hall–Kier alpha value is -1.70. The average Bonchev–Trinajstić information content (AvgIpc) is 2.31. The van der Waals surface area contributed by atoms with Crippen molar-refractivity contribution in [2.75, 3.05) is 0 Å². The third kappa shape index (κ3) is 2.04. The van der Waals surface area contributed by atoms with Gasteiger partial charge in [0.2, 0.25) is 0 Å². The number of halogens is 1. The van der Waals surface area contributed by atoms with Crippen molar-refractivity contribution in [1.82, 2.24) is 4.98 Å². The van der Waals surface area contributed by atoms with E-state index in [1.54, 1.807) is 12.4 Å². The number of nitrogens with zero attached hydrogens (tertiary/aromatic N) is 1. The van der Waals surface area contributed by atoms with Crippen LogP contribution in [0, 0.1) is 5.82 Å². The second-order valence-electron chi connectivity index (χ2n) is 3.40. The molecule has 76 valence electrons. The molecule has 0 saturated carbocycles. The van der Waals surface area contributed by atoms with Crippen LogP contribution in [0.5, 0.6) is 0 Å². The van der Waals surface area contributed by atoms with Crippen LogP contribution in [0.1, 0.15) is 12.5 Å². The fourth-order valence-electron chi connectivity index (χ4n) is 1.55. The molecule has 0 unspecified atom stereocenters. The summed E-state index contributed by atoms with van der Waals surface area (Å²) in [5, 5.41) is 0. The van der Waals surface area contributed by atoms with E-state index in [1.807, 2.05) is 24.3 Å². The largest absolute Gasteiger partial charge is 0.265 e. The Kier molecular flexibility index (Phi) is 2.77. The van der Waals surface area contributed by atoms with E-state index in [9.17, 15) is 4.39 Å². The molecular formula is C13H12FN. The van der Waals surface area contributed by atoms with Crippen molar-refractivity contribution >= 4 is 0 Å². The molecule has 1 nitrogen and oxygen atoms in total. The number of benzene rings is 1. The third-order valence-corrected chi connectivity index (χ3v) is 2.43. The molecule has 0 saturated heterocycles. The molecule has 0 atom stereocenters. The summed E-state index contributed by atoms with van der Waals surface area (Å²) in [5.74, 6) is -0.182. The molecule has 0 aliphatic heterocycles. The van der Waals surface area contributed by atoms with Crippen LogP contribution in [0.15, 0.2) is 42.7 Å². The number of hydrogen-bond acceptors (Lipinski definition) is 1. The van der Waals surface area contributed by atoms with E-state index < -0.39 is 0 Å². The first kappa shape index (κ1) is 9.84. The lowest BCUT2D eigenvalue weighted by Crippen LogP contribution is -1.88. The Labute approximate surface area is 88.6 Å². The van der Waals surface area contributed by atoms with Gasteiger partial charge in [-0.05, 0) is 41.8 Å². The average molecular weight is 201 g/mol. The van der Waals surface area contributed by atoms with Gasteiger partial charge in [-0.3, -0.25) is 4.98 Å². The lowest BCUT2D eigenvalue weighted by atomic mass is 10.0. The first-order valence-corrected chi connectivity index (χ1v) is 5.00. The van der Waals surface area contributed by atoms with Gasteiger partial charge in [0.1, 0.15) is 5.82 Å². The molecule has 15 heavy (non-hydrogen) atoms. The van der Waals surface area contributed by atoms with E-state index in [1.165, 1.54) is 6.07 Å². The molecule has 0 bridgehead atoms. The number of aromatic nitrogens is 1. The highest BCUT2D eigenvalue weighted by atomic mass is 19.1. The van der Waals surface area contributed by atoms with Crippen molar-refractivity contribution in [3.8, 4) is 11.1 Å². The minimum Gasteiger partial charge on any atom is -0.265 e. The fraction of sp³-hybridized carbons (Fsp3) is 0.154. The van der Waals surface area contributed by atoms with E-state index in [0.29, 0.717) is 5.56 Å². The van der Waals surface area contributed by atoms with Crippen molar-refractivity contribution in [3.63, 3.8) is 0 Å². The van der Waals surface area contributed by atoms with Gasteiger partial charge in [0.25, 0.3) is 0 Å². The zero-order valence-electron chi connectivity index (χ0n) is 8.57. The van der Waals surface area contributed by atoms with Gasteiger partial charge in [-0.15, -0.1) is 0 Å². The van der Waals surface area contributed by atoms with Crippen LogP contribution < -0.4 is 0 Å². The first-order chi connectivity index (χ1) is 7.31. The zero-order valence-corrected chi connectivity index (χ0v) is 8.57. The predicted octanol–water partition coefficient (Wildman–Crippen LogP) is 3.45. The maximum absolute atomic E-state index is 13.6. The summed E-state index contributed by atoms with van der Waals surface area (Å²) in [6.45, 7) is 2.06. The summed E-state index contributed by atoms with van der Waals surface area (Å²) >= 11 is 0. The van der Waals surface area contributed by atoms with Gasteiger partial charge in [0, 0.05) is 18.0 Å². The number of hydrogen-bond donors (Lipinski definition) is 0.